The van der Waals surface area contributed by atoms with Gasteiger partial charge in [-0.1, -0.05) is 18.2 Å². The number of nitrogens with zero attached hydrogens (tertiary/aromatic N) is 3. The first-order valence-electron chi connectivity index (χ1n) is 8.68. The molecule has 1 aliphatic rings. The summed E-state index contributed by atoms with van der Waals surface area (Å²) in [5.74, 6) is 1.22. The van der Waals surface area contributed by atoms with Crippen molar-refractivity contribution in [3.63, 3.8) is 0 Å². The Balaban J connectivity index is 1.72. The maximum absolute atomic E-state index is 12.5. The molecule has 1 saturated heterocycles. The summed E-state index contributed by atoms with van der Waals surface area (Å²) in [7, 11) is 1.62. The van der Waals surface area contributed by atoms with Crippen molar-refractivity contribution in [1.82, 2.24) is 15.3 Å². The molecular weight excluding hydrogens is 316 g/mol. The lowest BCUT2D eigenvalue weighted by Crippen LogP contribution is -2.32. The second kappa shape index (κ2) is 7.96. The largest absolute Gasteiger partial charge is 0.496 e. The number of nitrogens with one attached hydrogen (secondary N) is 1. The van der Waals surface area contributed by atoms with Crippen LogP contribution in [0.25, 0.3) is 0 Å². The van der Waals surface area contributed by atoms with Crippen molar-refractivity contribution in [3.8, 4) is 5.75 Å². The van der Waals surface area contributed by atoms with Crippen molar-refractivity contribution in [2.75, 3.05) is 25.1 Å². The zero-order chi connectivity index (χ0) is 17.6. The number of aryl methyl sites for hydroxylation is 1. The Morgan fingerprint density at radius 1 is 1.20 bits per heavy atom. The van der Waals surface area contributed by atoms with Gasteiger partial charge in [0.1, 0.15) is 11.4 Å². The van der Waals surface area contributed by atoms with Crippen LogP contribution in [0.2, 0.25) is 0 Å². The number of methoxy groups -OCH3 is 1. The zero-order valence-corrected chi connectivity index (χ0v) is 14.8. The quantitative estimate of drug-likeness (QED) is 0.906. The summed E-state index contributed by atoms with van der Waals surface area (Å²) >= 11 is 0. The third-order valence-electron chi connectivity index (χ3n) is 4.35. The Morgan fingerprint density at radius 3 is 2.72 bits per heavy atom. The number of hydrogen-bond acceptors (Lipinski definition) is 5. The van der Waals surface area contributed by atoms with Gasteiger partial charge in [-0.2, -0.15) is 0 Å². The average Bonchev–Trinajstić information content (AvgIpc) is 2.66. The smallest absolute Gasteiger partial charge is 0.270 e. The highest BCUT2D eigenvalue weighted by atomic mass is 16.5. The highest BCUT2D eigenvalue weighted by Crippen LogP contribution is 2.18. The Labute approximate surface area is 148 Å². The maximum atomic E-state index is 12.5. The van der Waals surface area contributed by atoms with Crippen LogP contribution in [0.15, 0.2) is 30.3 Å². The second-order valence-corrected chi connectivity index (χ2v) is 6.24. The van der Waals surface area contributed by atoms with Gasteiger partial charge in [0.25, 0.3) is 5.91 Å². The molecule has 0 aliphatic carbocycles. The fourth-order valence-electron chi connectivity index (χ4n) is 3.02. The molecule has 2 heterocycles. The number of aromatic nitrogens is 2. The first-order valence-corrected chi connectivity index (χ1v) is 8.68. The van der Waals surface area contributed by atoms with Crippen molar-refractivity contribution < 1.29 is 9.53 Å². The number of para-hydroxylation sites is 1. The van der Waals surface area contributed by atoms with E-state index in [0.717, 1.165) is 42.9 Å². The molecule has 3 rings (SSSR count). The summed E-state index contributed by atoms with van der Waals surface area (Å²) in [6.07, 6.45) is 3.54. The summed E-state index contributed by atoms with van der Waals surface area (Å²) < 4.78 is 5.32. The van der Waals surface area contributed by atoms with Crippen LogP contribution in [0, 0.1) is 6.92 Å². The first-order chi connectivity index (χ1) is 12.2. The molecule has 0 bridgehead atoms. The van der Waals surface area contributed by atoms with E-state index in [0.29, 0.717) is 18.2 Å². The van der Waals surface area contributed by atoms with E-state index in [1.807, 2.05) is 31.2 Å². The summed E-state index contributed by atoms with van der Waals surface area (Å²) in [6, 6.07) is 9.37. The Bertz CT molecular complexity index is 742. The summed E-state index contributed by atoms with van der Waals surface area (Å²) in [5.41, 5.74) is 2.14. The number of rotatable bonds is 5. The number of carbonyl (C=O) groups is 1. The van der Waals surface area contributed by atoms with E-state index in [1.165, 1.54) is 6.42 Å². The van der Waals surface area contributed by atoms with E-state index in [2.05, 4.69) is 20.2 Å². The van der Waals surface area contributed by atoms with Crippen molar-refractivity contribution in [1.29, 1.82) is 0 Å². The Kier molecular flexibility index (Phi) is 5.48. The normalized spacial score (nSPS) is 14.2. The number of ether oxygens (including phenoxy) is 1. The van der Waals surface area contributed by atoms with E-state index in [1.54, 1.807) is 13.2 Å². The summed E-state index contributed by atoms with van der Waals surface area (Å²) in [6.45, 7) is 4.19. The Hall–Kier alpha value is -2.63. The molecule has 132 valence electrons. The maximum Gasteiger partial charge on any atom is 0.270 e. The predicted molar refractivity (Wildman–Crippen MR) is 97.0 cm³/mol. The minimum Gasteiger partial charge on any atom is -0.496 e. The molecule has 1 N–H and O–H groups in total. The SMILES string of the molecule is COc1ccccc1CNC(=O)c1cc(C)nc(N2CCCCC2)n1. The zero-order valence-electron chi connectivity index (χ0n) is 14.8. The molecule has 0 unspecified atom stereocenters. The molecule has 0 radical (unpaired) electrons. The van der Waals surface area contributed by atoms with Crippen molar-refractivity contribution >= 4 is 11.9 Å². The van der Waals surface area contributed by atoms with Crippen LogP contribution < -0.4 is 15.0 Å². The van der Waals surface area contributed by atoms with Crippen LogP contribution in [-0.2, 0) is 6.54 Å². The first kappa shape index (κ1) is 17.2. The van der Waals surface area contributed by atoms with Gasteiger partial charge >= 0.3 is 0 Å². The Morgan fingerprint density at radius 2 is 1.96 bits per heavy atom. The number of hydrogen-bond donors (Lipinski definition) is 1. The third-order valence-corrected chi connectivity index (χ3v) is 4.35. The molecule has 1 amide bonds. The summed E-state index contributed by atoms with van der Waals surface area (Å²) in [5, 5.41) is 2.92. The van der Waals surface area contributed by atoms with Crippen LogP contribution in [0.5, 0.6) is 5.75 Å². The van der Waals surface area contributed by atoms with Gasteiger partial charge in [0.05, 0.1) is 7.11 Å². The third kappa shape index (κ3) is 4.26. The van der Waals surface area contributed by atoms with Gasteiger partial charge < -0.3 is 15.0 Å². The van der Waals surface area contributed by atoms with Gasteiger partial charge in [0.2, 0.25) is 5.95 Å². The van der Waals surface area contributed by atoms with Crippen molar-refractivity contribution in [3.05, 3.63) is 47.3 Å². The number of piperidine rings is 1. The van der Waals surface area contributed by atoms with Crippen molar-refractivity contribution in [2.45, 2.75) is 32.7 Å². The number of carbonyl (C=O) groups excluding carboxylic acids is 1. The molecule has 0 spiro atoms. The average molecular weight is 340 g/mol. The van der Waals surface area contributed by atoms with E-state index in [9.17, 15) is 4.79 Å². The van der Waals surface area contributed by atoms with Gasteiger partial charge in [0.15, 0.2) is 0 Å². The molecule has 25 heavy (non-hydrogen) atoms. The van der Waals surface area contributed by atoms with Gasteiger partial charge in [-0.3, -0.25) is 4.79 Å². The van der Waals surface area contributed by atoms with Crippen LogP contribution >= 0.6 is 0 Å². The molecule has 2 aromatic rings. The summed E-state index contributed by atoms with van der Waals surface area (Å²) in [4.78, 5) is 23.7. The van der Waals surface area contributed by atoms with Crippen molar-refractivity contribution in [2.24, 2.45) is 0 Å². The predicted octanol–water partition coefficient (Wildman–Crippen LogP) is 2.71. The minimum absolute atomic E-state index is 0.199. The fourth-order valence-corrected chi connectivity index (χ4v) is 3.02. The van der Waals surface area contributed by atoms with Crippen LogP contribution in [0.4, 0.5) is 5.95 Å². The van der Waals surface area contributed by atoms with E-state index in [4.69, 9.17) is 4.74 Å². The lowest BCUT2D eigenvalue weighted by atomic mass is 10.1. The van der Waals surface area contributed by atoms with Gasteiger partial charge in [0, 0.05) is 30.9 Å². The molecule has 1 aliphatic heterocycles. The molecule has 1 aromatic carbocycles. The molecule has 6 heteroatoms. The topological polar surface area (TPSA) is 67.3 Å². The molecule has 1 fully saturated rings. The van der Waals surface area contributed by atoms with Crippen LogP contribution in [0.1, 0.15) is 41.0 Å². The number of anilines is 1. The second-order valence-electron chi connectivity index (χ2n) is 6.24. The number of benzene rings is 1. The van der Waals surface area contributed by atoms with E-state index >= 15 is 0 Å². The fraction of sp³-hybridized carbons (Fsp3) is 0.421. The van der Waals surface area contributed by atoms with E-state index < -0.39 is 0 Å². The molecule has 0 atom stereocenters. The molecule has 0 saturated carbocycles. The minimum atomic E-state index is -0.199. The monoisotopic (exact) mass is 340 g/mol. The lowest BCUT2D eigenvalue weighted by Gasteiger charge is -2.27. The standard InChI is InChI=1S/C19H24N4O2/c1-14-12-16(22-19(21-14)23-10-6-3-7-11-23)18(24)20-13-15-8-4-5-9-17(15)25-2/h4-5,8-9,12H,3,6-7,10-11,13H2,1-2H3,(H,20,24). The number of amides is 1. The van der Waals surface area contributed by atoms with Crippen LogP contribution in [-0.4, -0.2) is 36.1 Å². The molecule has 6 nitrogen and oxygen atoms in total. The van der Waals surface area contributed by atoms with Gasteiger partial charge in [-0.05, 0) is 38.3 Å². The highest BCUT2D eigenvalue weighted by Gasteiger charge is 2.17. The lowest BCUT2D eigenvalue weighted by molar-refractivity contribution is 0.0945. The van der Waals surface area contributed by atoms with Gasteiger partial charge in [-0.15, -0.1) is 0 Å². The van der Waals surface area contributed by atoms with Gasteiger partial charge in [-0.25, -0.2) is 9.97 Å². The molecular formula is C19H24N4O2. The molecule has 1 aromatic heterocycles. The van der Waals surface area contributed by atoms with E-state index in [-0.39, 0.29) is 5.91 Å². The van der Waals surface area contributed by atoms with Crippen LogP contribution in [0.3, 0.4) is 0 Å². The highest BCUT2D eigenvalue weighted by molar-refractivity contribution is 5.92.